The molecule has 0 unspecified atom stereocenters. The summed E-state index contributed by atoms with van der Waals surface area (Å²) in [6, 6.07) is 3.83. The van der Waals surface area contributed by atoms with E-state index in [4.69, 9.17) is 10.8 Å². The number of carbonyl (C=O) groups is 2. The van der Waals surface area contributed by atoms with E-state index in [1.165, 1.54) is 18.2 Å². The van der Waals surface area contributed by atoms with Crippen LogP contribution in [0.25, 0.3) is 0 Å². The Morgan fingerprint density at radius 1 is 1.35 bits per heavy atom. The number of rotatable bonds is 8. The van der Waals surface area contributed by atoms with Crippen molar-refractivity contribution in [3.8, 4) is 0 Å². The van der Waals surface area contributed by atoms with Crippen LogP contribution in [0.1, 0.15) is 36.0 Å². The fourth-order valence-corrected chi connectivity index (χ4v) is 3.27. The van der Waals surface area contributed by atoms with Gasteiger partial charge in [-0.05, 0) is 37.7 Å². The molecule has 26 heavy (non-hydrogen) atoms. The van der Waals surface area contributed by atoms with Gasteiger partial charge in [-0.2, -0.15) is 0 Å². The predicted molar refractivity (Wildman–Crippen MR) is 93.7 cm³/mol. The maximum Gasteiger partial charge on any atom is 0.317 e. The average Bonchev–Trinajstić information content (AvgIpc) is 3.33. The van der Waals surface area contributed by atoms with E-state index in [2.05, 4.69) is 5.32 Å². The van der Waals surface area contributed by atoms with Crippen molar-refractivity contribution < 1.29 is 19.6 Å². The average molecular weight is 362 g/mol. The molecule has 140 valence electrons. The van der Waals surface area contributed by atoms with Gasteiger partial charge in [-0.1, -0.05) is 0 Å². The minimum Gasteiger partial charge on any atom is -0.480 e. The molecule has 2 aliphatic rings. The number of aliphatic carboxylic acids is 1. The van der Waals surface area contributed by atoms with E-state index in [-0.39, 0.29) is 35.6 Å². The van der Waals surface area contributed by atoms with Gasteiger partial charge in [-0.25, -0.2) is 0 Å². The quantitative estimate of drug-likeness (QED) is 0.359. The lowest BCUT2D eigenvalue weighted by Gasteiger charge is -2.42. The lowest BCUT2D eigenvalue weighted by atomic mass is 9.85. The Kier molecular flexibility index (Phi) is 5.08. The lowest BCUT2D eigenvalue weighted by molar-refractivity contribution is -0.384. The first-order chi connectivity index (χ1) is 12.3. The van der Waals surface area contributed by atoms with Gasteiger partial charge in [0.2, 0.25) is 0 Å². The van der Waals surface area contributed by atoms with Gasteiger partial charge in [0.05, 0.1) is 17.0 Å². The molecule has 1 aromatic rings. The number of nitrogens with two attached hydrogens (primary N) is 1. The van der Waals surface area contributed by atoms with Gasteiger partial charge in [0.25, 0.3) is 11.6 Å². The highest BCUT2D eigenvalue weighted by Gasteiger charge is 2.38. The molecule has 1 aromatic carbocycles. The maximum absolute atomic E-state index is 12.4. The number of amides is 1. The van der Waals surface area contributed by atoms with Crippen molar-refractivity contribution in [1.29, 1.82) is 0 Å². The Hall–Kier alpha value is -2.68. The zero-order valence-electron chi connectivity index (χ0n) is 14.3. The van der Waals surface area contributed by atoms with Gasteiger partial charge in [-0.3, -0.25) is 24.6 Å². The second kappa shape index (κ2) is 7.28. The molecule has 0 heterocycles. The van der Waals surface area contributed by atoms with E-state index in [9.17, 15) is 19.7 Å². The largest absolute Gasteiger partial charge is 0.480 e. The standard InChI is InChI=1S/C17H22N4O5/c18-15-4-3-12(21(25)26)7-14(15)17(24)19-11-5-13(6-11)20(9-16(22)23)8-10-1-2-10/h3-4,7,10-11,13H,1-2,5-6,8-9,18H2,(H,19,24)(H,22,23). The molecule has 9 heteroatoms. The van der Waals surface area contributed by atoms with Crippen LogP contribution in [0.15, 0.2) is 18.2 Å². The lowest BCUT2D eigenvalue weighted by Crippen LogP contribution is -2.55. The smallest absolute Gasteiger partial charge is 0.317 e. The second-order valence-corrected chi connectivity index (χ2v) is 7.09. The SMILES string of the molecule is Nc1ccc([N+](=O)[O-])cc1C(=O)NC1CC(N(CC(=O)O)CC2CC2)C1. The van der Waals surface area contributed by atoms with Gasteiger partial charge in [-0.15, -0.1) is 0 Å². The van der Waals surface area contributed by atoms with Crippen LogP contribution in [0.3, 0.4) is 0 Å². The van der Waals surface area contributed by atoms with Gasteiger partial charge in [0.15, 0.2) is 0 Å². The molecule has 9 nitrogen and oxygen atoms in total. The molecular formula is C17H22N4O5. The zero-order chi connectivity index (χ0) is 18.8. The summed E-state index contributed by atoms with van der Waals surface area (Å²) in [4.78, 5) is 35.7. The number of nitrogen functional groups attached to an aromatic ring is 1. The minimum absolute atomic E-state index is 0.0136. The molecule has 2 aliphatic carbocycles. The zero-order valence-corrected chi connectivity index (χ0v) is 14.3. The van der Waals surface area contributed by atoms with Gasteiger partial charge in [0.1, 0.15) is 0 Å². The Labute approximate surface area is 150 Å². The van der Waals surface area contributed by atoms with Gasteiger partial charge >= 0.3 is 5.97 Å². The monoisotopic (exact) mass is 362 g/mol. The normalized spacial score (nSPS) is 21.9. The second-order valence-electron chi connectivity index (χ2n) is 7.09. The number of nitrogens with zero attached hydrogens (tertiary/aromatic N) is 2. The Morgan fingerprint density at radius 3 is 2.62 bits per heavy atom. The molecule has 0 atom stereocenters. The number of carboxylic acids is 1. The minimum atomic E-state index is -0.845. The van der Waals surface area contributed by atoms with Crippen LogP contribution >= 0.6 is 0 Å². The molecule has 0 aromatic heterocycles. The molecule has 2 saturated carbocycles. The van der Waals surface area contributed by atoms with Crippen molar-refractivity contribution in [3.63, 3.8) is 0 Å². The molecule has 0 bridgehead atoms. The number of nitro groups is 1. The molecule has 1 amide bonds. The van der Waals surface area contributed by atoms with Crippen LogP contribution in [-0.4, -0.2) is 52.0 Å². The molecule has 2 fully saturated rings. The van der Waals surface area contributed by atoms with Crippen LogP contribution in [0.5, 0.6) is 0 Å². The first-order valence-electron chi connectivity index (χ1n) is 8.64. The number of carboxylic acid groups (broad SMARTS) is 1. The Morgan fingerprint density at radius 2 is 2.04 bits per heavy atom. The summed E-state index contributed by atoms with van der Waals surface area (Å²) in [5, 5.41) is 22.8. The van der Waals surface area contributed by atoms with Crippen molar-refractivity contribution in [2.45, 2.75) is 37.8 Å². The van der Waals surface area contributed by atoms with Crippen molar-refractivity contribution in [2.24, 2.45) is 5.92 Å². The molecule has 0 aliphatic heterocycles. The number of hydrogen-bond acceptors (Lipinski definition) is 6. The van der Waals surface area contributed by atoms with Crippen LogP contribution in [-0.2, 0) is 4.79 Å². The van der Waals surface area contributed by atoms with Gasteiger partial charge < -0.3 is 16.2 Å². The first kappa shape index (κ1) is 18.1. The summed E-state index contributed by atoms with van der Waals surface area (Å²) in [5.41, 5.74) is 5.85. The Bertz CT molecular complexity index is 728. The van der Waals surface area contributed by atoms with Crippen molar-refractivity contribution in [2.75, 3.05) is 18.8 Å². The third-order valence-corrected chi connectivity index (χ3v) is 4.99. The molecule has 0 spiro atoms. The van der Waals surface area contributed by atoms with Crippen LogP contribution in [0.4, 0.5) is 11.4 Å². The third kappa shape index (κ3) is 4.29. The van der Waals surface area contributed by atoms with Crippen molar-refractivity contribution in [3.05, 3.63) is 33.9 Å². The fourth-order valence-electron chi connectivity index (χ4n) is 3.27. The first-order valence-corrected chi connectivity index (χ1v) is 8.64. The maximum atomic E-state index is 12.4. The van der Waals surface area contributed by atoms with E-state index >= 15 is 0 Å². The van der Waals surface area contributed by atoms with Crippen LogP contribution in [0, 0.1) is 16.0 Å². The molecule has 4 N–H and O–H groups in total. The molecule has 0 saturated heterocycles. The summed E-state index contributed by atoms with van der Waals surface area (Å²) < 4.78 is 0. The van der Waals surface area contributed by atoms with Crippen LogP contribution < -0.4 is 11.1 Å². The highest BCUT2D eigenvalue weighted by molar-refractivity contribution is 6.00. The van der Waals surface area contributed by atoms with Crippen molar-refractivity contribution >= 4 is 23.3 Å². The van der Waals surface area contributed by atoms with E-state index in [1.807, 2.05) is 4.90 Å². The number of nitrogens with one attached hydrogen (secondary N) is 1. The fraction of sp³-hybridized carbons (Fsp3) is 0.529. The molecule has 3 rings (SSSR count). The number of non-ortho nitro benzene ring substituents is 1. The summed E-state index contributed by atoms with van der Waals surface area (Å²) >= 11 is 0. The summed E-state index contributed by atoms with van der Waals surface area (Å²) in [5.74, 6) is -0.697. The highest BCUT2D eigenvalue weighted by Crippen LogP contribution is 2.34. The number of carbonyl (C=O) groups excluding carboxylic acids is 1. The van der Waals surface area contributed by atoms with E-state index in [1.54, 1.807) is 0 Å². The van der Waals surface area contributed by atoms with Crippen LogP contribution in [0.2, 0.25) is 0 Å². The Balaban J connectivity index is 1.56. The van der Waals surface area contributed by atoms with E-state index in [0.29, 0.717) is 18.8 Å². The molecule has 0 radical (unpaired) electrons. The third-order valence-electron chi connectivity index (χ3n) is 4.99. The van der Waals surface area contributed by atoms with E-state index < -0.39 is 16.8 Å². The highest BCUT2D eigenvalue weighted by atomic mass is 16.6. The molecular weight excluding hydrogens is 340 g/mol. The number of benzene rings is 1. The summed E-state index contributed by atoms with van der Waals surface area (Å²) in [6.45, 7) is 0.801. The number of anilines is 1. The van der Waals surface area contributed by atoms with E-state index in [0.717, 1.165) is 19.4 Å². The number of hydrogen-bond donors (Lipinski definition) is 3. The van der Waals surface area contributed by atoms with Crippen molar-refractivity contribution in [1.82, 2.24) is 10.2 Å². The summed E-state index contributed by atoms with van der Waals surface area (Å²) in [6.07, 6.45) is 3.63. The predicted octanol–water partition coefficient (Wildman–Crippen LogP) is 1.23. The topological polar surface area (TPSA) is 139 Å². The summed E-state index contributed by atoms with van der Waals surface area (Å²) in [7, 11) is 0. The van der Waals surface area contributed by atoms with Gasteiger partial charge in [0, 0.05) is 36.4 Å². The number of nitro benzene ring substituents is 1.